The van der Waals surface area contributed by atoms with Crippen LogP contribution in [-0.2, 0) is 13.0 Å². The molecule has 0 unspecified atom stereocenters. The van der Waals surface area contributed by atoms with Crippen molar-refractivity contribution in [2.24, 2.45) is 0 Å². The van der Waals surface area contributed by atoms with Gasteiger partial charge in [-0.1, -0.05) is 54.3 Å². The summed E-state index contributed by atoms with van der Waals surface area (Å²) in [6.45, 7) is 0.163. The summed E-state index contributed by atoms with van der Waals surface area (Å²) in [5.74, 6) is 4.41. The van der Waals surface area contributed by atoms with Crippen LogP contribution < -0.4 is 5.56 Å². The van der Waals surface area contributed by atoms with E-state index in [-0.39, 0.29) is 12.1 Å². The topological polar surface area (TPSA) is 22.0 Å². The Morgan fingerprint density at radius 2 is 1.66 bits per heavy atom. The quantitative estimate of drug-likeness (QED) is 0.459. The van der Waals surface area contributed by atoms with Crippen molar-refractivity contribution in [1.82, 2.24) is 4.57 Å². The monoisotopic (exact) mass is 385 g/mol. The number of hydrogen-bond acceptors (Lipinski definition) is 1. The Balaban J connectivity index is 1.63. The van der Waals surface area contributed by atoms with Gasteiger partial charge in [-0.25, -0.2) is 8.78 Å². The highest BCUT2D eigenvalue weighted by atomic mass is 19.2. The van der Waals surface area contributed by atoms with Gasteiger partial charge in [-0.2, -0.15) is 0 Å². The Morgan fingerprint density at radius 1 is 0.828 bits per heavy atom. The molecule has 0 bridgehead atoms. The summed E-state index contributed by atoms with van der Waals surface area (Å²) in [6.07, 6.45) is 2.29. The molecule has 0 aliphatic carbocycles. The zero-order chi connectivity index (χ0) is 20.2. The molecular formula is C25H17F2NO. The summed E-state index contributed by atoms with van der Waals surface area (Å²) in [5.41, 5.74) is 2.22. The number of fused-ring (bicyclic) bond motifs is 1. The number of nitrogens with zero attached hydrogens (tertiary/aromatic N) is 1. The highest BCUT2D eigenvalue weighted by Crippen LogP contribution is 2.14. The second kappa shape index (κ2) is 8.12. The molecule has 1 heterocycles. The molecule has 0 N–H and O–H groups in total. The maximum Gasteiger partial charge on any atom is 0.258 e. The van der Waals surface area contributed by atoms with Crippen LogP contribution >= 0.6 is 0 Å². The van der Waals surface area contributed by atoms with Crippen LogP contribution in [0.15, 0.2) is 83.8 Å². The van der Waals surface area contributed by atoms with E-state index in [9.17, 15) is 13.6 Å². The SMILES string of the molecule is O=c1c2cc(C#CCc3ccccc3)ccc2ccn1Cc1ccc(F)c(F)c1. The lowest BCUT2D eigenvalue weighted by molar-refractivity contribution is 0.506. The van der Waals surface area contributed by atoms with E-state index in [2.05, 4.69) is 11.8 Å². The first-order valence-corrected chi connectivity index (χ1v) is 9.20. The van der Waals surface area contributed by atoms with Crippen LogP contribution in [0.2, 0.25) is 0 Å². The predicted octanol–water partition coefficient (Wildman–Crippen LogP) is 4.92. The minimum Gasteiger partial charge on any atom is -0.311 e. The Morgan fingerprint density at radius 3 is 2.45 bits per heavy atom. The molecule has 4 aromatic rings. The Kier molecular flexibility index (Phi) is 5.22. The van der Waals surface area contributed by atoms with E-state index in [1.807, 2.05) is 48.5 Å². The van der Waals surface area contributed by atoms with Gasteiger partial charge in [-0.15, -0.1) is 0 Å². The van der Waals surface area contributed by atoms with Gasteiger partial charge >= 0.3 is 0 Å². The molecule has 0 saturated carbocycles. The Bertz CT molecular complexity index is 1300. The van der Waals surface area contributed by atoms with Gasteiger partial charge in [-0.3, -0.25) is 4.79 Å². The molecule has 0 saturated heterocycles. The number of benzene rings is 3. The molecule has 0 atom stereocenters. The third-order valence-electron chi connectivity index (χ3n) is 4.68. The second-order valence-electron chi connectivity index (χ2n) is 6.76. The van der Waals surface area contributed by atoms with E-state index in [1.54, 1.807) is 12.3 Å². The lowest BCUT2D eigenvalue weighted by atomic mass is 10.1. The van der Waals surface area contributed by atoms with Crippen molar-refractivity contribution in [1.29, 1.82) is 0 Å². The molecule has 2 nitrogen and oxygen atoms in total. The summed E-state index contributed by atoms with van der Waals surface area (Å²) in [6, 6.07) is 21.0. The minimum absolute atomic E-state index is 0.163. The Hall–Kier alpha value is -3.71. The summed E-state index contributed by atoms with van der Waals surface area (Å²) in [4.78, 5) is 12.9. The van der Waals surface area contributed by atoms with E-state index in [4.69, 9.17) is 0 Å². The standard InChI is InChI=1S/C25H17F2NO/c26-23-12-10-20(16-24(23)27)17-28-14-13-21-11-9-19(15-22(21)25(28)29)8-4-7-18-5-2-1-3-6-18/h1-3,5-6,9-16H,7,17H2. The smallest absolute Gasteiger partial charge is 0.258 e. The summed E-state index contributed by atoms with van der Waals surface area (Å²) in [7, 11) is 0. The van der Waals surface area contributed by atoms with E-state index in [0.717, 1.165) is 28.6 Å². The number of halogens is 2. The van der Waals surface area contributed by atoms with Gasteiger partial charge in [0.25, 0.3) is 5.56 Å². The molecule has 0 radical (unpaired) electrons. The molecule has 0 fully saturated rings. The highest BCUT2D eigenvalue weighted by Gasteiger charge is 2.07. The van der Waals surface area contributed by atoms with E-state index in [1.165, 1.54) is 10.6 Å². The number of rotatable bonds is 3. The average Bonchev–Trinajstić information content (AvgIpc) is 2.74. The first kappa shape index (κ1) is 18.6. The van der Waals surface area contributed by atoms with Gasteiger partial charge in [0, 0.05) is 23.6 Å². The van der Waals surface area contributed by atoms with Crippen molar-refractivity contribution in [2.45, 2.75) is 13.0 Å². The van der Waals surface area contributed by atoms with Crippen molar-refractivity contribution in [3.63, 3.8) is 0 Å². The normalized spacial score (nSPS) is 10.6. The summed E-state index contributed by atoms with van der Waals surface area (Å²) >= 11 is 0. The zero-order valence-electron chi connectivity index (χ0n) is 15.5. The van der Waals surface area contributed by atoms with Crippen molar-refractivity contribution < 1.29 is 8.78 Å². The highest BCUT2D eigenvalue weighted by molar-refractivity contribution is 5.82. The molecule has 0 aliphatic rings. The fourth-order valence-corrected chi connectivity index (χ4v) is 3.16. The van der Waals surface area contributed by atoms with Gasteiger partial charge in [0.05, 0.1) is 6.54 Å². The molecule has 29 heavy (non-hydrogen) atoms. The summed E-state index contributed by atoms with van der Waals surface area (Å²) < 4.78 is 28.1. The number of pyridine rings is 1. The van der Waals surface area contributed by atoms with Crippen LogP contribution in [0.3, 0.4) is 0 Å². The maximum atomic E-state index is 13.5. The molecule has 1 aromatic heterocycles. The van der Waals surface area contributed by atoms with Crippen molar-refractivity contribution in [3.8, 4) is 11.8 Å². The van der Waals surface area contributed by atoms with Crippen LogP contribution in [0.5, 0.6) is 0 Å². The Labute approximate surface area is 167 Å². The zero-order valence-corrected chi connectivity index (χ0v) is 15.5. The van der Waals surface area contributed by atoms with Crippen molar-refractivity contribution in [2.75, 3.05) is 0 Å². The van der Waals surface area contributed by atoms with Crippen molar-refractivity contribution >= 4 is 10.8 Å². The fourth-order valence-electron chi connectivity index (χ4n) is 3.16. The summed E-state index contributed by atoms with van der Waals surface area (Å²) in [5, 5.41) is 1.35. The van der Waals surface area contributed by atoms with Gasteiger partial charge in [-0.05, 0) is 46.8 Å². The van der Waals surface area contributed by atoms with Crippen molar-refractivity contribution in [3.05, 3.63) is 118 Å². The van der Waals surface area contributed by atoms with Crippen LogP contribution in [0, 0.1) is 23.5 Å². The molecular weight excluding hydrogens is 368 g/mol. The van der Waals surface area contributed by atoms with Gasteiger partial charge in [0.15, 0.2) is 11.6 Å². The minimum atomic E-state index is -0.924. The maximum absolute atomic E-state index is 13.5. The third-order valence-corrected chi connectivity index (χ3v) is 4.68. The van der Waals surface area contributed by atoms with E-state index < -0.39 is 11.6 Å². The van der Waals surface area contributed by atoms with Gasteiger partial charge < -0.3 is 4.57 Å². The number of aromatic nitrogens is 1. The lowest BCUT2D eigenvalue weighted by Gasteiger charge is -2.08. The third kappa shape index (κ3) is 4.25. The fraction of sp³-hybridized carbons (Fsp3) is 0.0800. The second-order valence-corrected chi connectivity index (χ2v) is 6.76. The van der Waals surface area contributed by atoms with Crippen LogP contribution in [0.4, 0.5) is 8.78 Å². The molecule has 142 valence electrons. The van der Waals surface area contributed by atoms with E-state index >= 15 is 0 Å². The first-order valence-electron chi connectivity index (χ1n) is 9.20. The van der Waals surface area contributed by atoms with Crippen LogP contribution in [0.25, 0.3) is 10.8 Å². The van der Waals surface area contributed by atoms with Crippen LogP contribution in [0.1, 0.15) is 16.7 Å². The molecule has 3 aromatic carbocycles. The van der Waals surface area contributed by atoms with Gasteiger partial charge in [0.2, 0.25) is 0 Å². The van der Waals surface area contributed by atoms with E-state index in [0.29, 0.717) is 17.4 Å². The van der Waals surface area contributed by atoms with Crippen LogP contribution in [-0.4, -0.2) is 4.57 Å². The van der Waals surface area contributed by atoms with Gasteiger partial charge in [0.1, 0.15) is 0 Å². The molecule has 0 spiro atoms. The predicted molar refractivity (Wildman–Crippen MR) is 111 cm³/mol. The molecule has 0 amide bonds. The molecule has 0 aliphatic heterocycles. The number of hydrogen-bond donors (Lipinski definition) is 0. The molecule has 4 rings (SSSR count). The first-order chi connectivity index (χ1) is 14.1. The molecule has 4 heteroatoms. The lowest BCUT2D eigenvalue weighted by Crippen LogP contribution is -2.20. The largest absolute Gasteiger partial charge is 0.311 e. The average molecular weight is 385 g/mol.